The maximum absolute atomic E-state index is 14.5. The van der Waals surface area contributed by atoms with Crippen molar-refractivity contribution < 1.29 is 38.7 Å². The van der Waals surface area contributed by atoms with Crippen LogP contribution in [0.2, 0.25) is 0 Å². The molecule has 2 unspecified atom stereocenters. The first-order valence-corrected chi connectivity index (χ1v) is 20.8. The van der Waals surface area contributed by atoms with Gasteiger partial charge in [-0.1, -0.05) is 103 Å². The van der Waals surface area contributed by atoms with Gasteiger partial charge in [-0.2, -0.15) is 0 Å². The van der Waals surface area contributed by atoms with Crippen LogP contribution < -0.4 is 31.9 Å². The van der Waals surface area contributed by atoms with Gasteiger partial charge in [0.1, 0.15) is 30.2 Å². The number of nitrogens with one attached hydrogen (secondary N) is 6. The van der Waals surface area contributed by atoms with Crippen LogP contribution in [-0.4, -0.2) is 82.5 Å². The van der Waals surface area contributed by atoms with E-state index < -0.39 is 65.7 Å². The number of rotatable bonds is 21. The van der Waals surface area contributed by atoms with Crippen molar-refractivity contribution in [1.82, 2.24) is 26.6 Å². The summed E-state index contributed by atoms with van der Waals surface area (Å²) in [6.07, 6.45) is 3.30. The lowest BCUT2D eigenvalue weighted by atomic mass is 9.98. The van der Waals surface area contributed by atoms with Crippen molar-refractivity contribution in [3.8, 4) is 11.1 Å². The Kier molecular flexibility index (Phi) is 16.8. The molecule has 1 aliphatic rings. The van der Waals surface area contributed by atoms with Gasteiger partial charge >= 0.3 is 5.97 Å². The van der Waals surface area contributed by atoms with Gasteiger partial charge in [-0.15, -0.1) is 11.8 Å². The van der Waals surface area contributed by atoms with Crippen molar-refractivity contribution in [2.75, 3.05) is 5.32 Å². The molecule has 1 aliphatic heterocycles. The number of allylic oxidation sites excluding steroid dienone is 1. The predicted molar refractivity (Wildman–Crippen MR) is 234 cm³/mol. The third kappa shape index (κ3) is 14.2. The molecule has 15 heteroatoms. The van der Waals surface area contributed by atoms with Crippen LogP contribution in [-0.2, 0) is 52.8 Å². The Morgan fingerprint density at radius 1 is 0.623 bits per heavy atom. The zero-order valence-corrected chi connectivity index (χ0v) is 34.7. The summed E-state index contributed by atoms with van der Waals surface area (Å²) in [6.45, 7) is 2.79. The van der Waals surface area contributed by atoms with Crippen LogP contribution in [0.4, 0.5) is 5.69 Å². The van der Waals surface area contributed by atoms with Gasteiger partial charge in [-0.3, -0.25) is 28.8 Å². The van der Waals surface area contributed by atoms with Gasteiger partial charge in [-0.05, 0) is 65.1 Å². The third-order valence-electron chi connectivity index (χ3n) is 9.99. The summed E-state index contributed by atoms with van der Waals surface area (Å²) in [7, 11) is 0. The Labute approximate surface area is 358 Å². The maximum Gasteiger partial charge on any atom is 0.326 e. The van der Waals surface area contributed by atoms with E-state index in [1.165, 1.54) is 25.6 Å². The smallest absolute Gasteiger partial charge is 0.326 e. The molecule has 6 amide bonds. The first-order valence-electron chi connectivity index (χ1n) is 19.9. The average Bonchev–Trinajstić information content (AvgIpc) is 3.77. The molecule has 1 heterocycles. The second kappa shape index (κ2) is 22.6. The van der Waals surface area contributed by atoms with E-state index in [1.807, 2.05) is 66.1 Å². The normalized spacial score (nSPS) is 15.5. The Bertz CT molecular complexity index is 2160. The number of benzene rings is 4. The number of carboxylic acids is 1. The molecule has 5 rings (SSSR count). The molecule has 318 valence electrons. The fourth-order valence-corrected chi connectivity index (χ4v) is 7.74. The SMILES string of the molecule is CC(=O)NC(C)C(=O)N[C@H](CC1CC=CS1)C(=O)N[C@@H](Cc1ccc(-c2ccccc2)cc1)C(=O)N[C@H](Cc1ccccc1)C(=O)N[C@@H](Cc1ccc(NC=O)cc1)C(=O)O. The van der Waals surface area contributed by atoms with Crippen LogP contribution in [0, 0.1) is 0 Å². The highest BCUT2D eigenvalue weighted by Gasteiger charge is 2.33. The lowest BCUT2D eigenvalue weighted by Crippen LogP contribution is -2.59. The van der Waals surface area contributed by atoms with E-state index >= 15 is 0 Å². The summed E-state index contributed by atoms with van der Waals surface area (Å²) in [5.74, 6) is -4.40. The summed E-state index contributed by atoms with van der Waals surface area (Å²) in [5.41, 5.74) is 4.40. The second-order valence-corrected chi connectivity index (χ2v) is 15.9. The maximum atomic E-state index is 14.5. The number of carbonyl (C=O) groups is 7. The molecule has 14 nitrogen and oxygen atoms in total. The highest BCUT2D eigenvalue weighted by Crippen LogP contribution is 2.28. The van der Waals surface area contributed by atoms with Crippen LogP contribution in [0.3, 0.4) is 0 Å². The Hall–Kier alpha value is -6.74. The largest absolute Gasteiger partial charge is 0.480 e. The summed E-state index contributed by atoms with van der Waals surface area (Å²) < 4.78 is 0. The van der Waals surface area contributed by atoms with Crippen LogP contribution in [0.1, 0.15) is 43.4 Å². The molecule has 4 aromatic rings. The van der Waals surface area contributed by atoms with Crippen molar-refractivity contribution in [3.05, 3.63) is 137 Å². The summed E-state index contributed by atoms with van der Waals surface area (Å²) in [6, 6.07) is 26.7. The number of amides is 6. The highest BCUT2D eigenvalue weighted by molar-refractivity contribution is 8.03. The van der Waals surface area contributed by atoms with Gasteiger partial charge in [0.25, 0.3) is 0 Å². The summed E-state index contributed by atoms with van der Waals surface area (Å²) >= 11 is 1.52. The molecule has 0 saturated heterocycles. The molecular weight excluding hydrogens is 797 g/mol. The van der Waals surface area contributed by atoms with Gasteiger partial charge in [0.05, 0.1) is 0 Å². The third-order valence-corrected chi connectivity index (χ3v) is 11.1. The number of aliphatic carboxylic acids is 1. The molecule has 0 fully saturated rings. The minimum absolute atomic E-state index is 0.00171. The molecule has 4 aromatic carbocycles. The van der Waals surface area contributed by atoms with E-state index in [1.54, 1.807) is 54.6 Å². The van der Waals surface area contributed by atoms with Crippen molar-refractivity contribution >= 4 is 59.4 Å². The van der Waals surface area contributed by atoms with Crippen LogP contribution in [0.5, 0.6) is 0 Å². The van der Waals surface area contributed by atoms with Crippen molar-refractivity contribution in [2.45, 2.75) is 81.4 Å². The molecule has 0 aliphatic carbocycles. The molecule has 0 radical (unpaired) electrons. The summed E-state index contributed by atoms with van der Waals surface area (Å²) in [4.78, 5) is 91.0. The minimum atomic E-state index is -1.38. The monoisotopic (exact) mass is 846 g/mol. The molecular formula is C46H50N6O8S. The molecule has 0 bridgehead atoms. The topological polar surface area (TPSA) is 212 Å². The molecule has 0 aromatic heterocycles. The van der Waals surface area contributed by atoms with Gasteiger partial charge in [0.2, 0.25) is 35.9 Å². The number of carbonyl (C=O) groups excluding carboxylic acids is 6. The quantitative estimate of drug-likeness (QED) is 0.0606. The number of thioether (sulfide) groups is 1. The lowest BCUT2D eigenvalue weighted by Gasteiger charge is -2.27. The van der Waals surface area contributed by atoms with Gasteiger partial charge in [-0.25, -0.2) is 4.79 Å². The van der Waals surface area contributed by atoms with E-state index in [-0.39, 0.29) is 30.9 Å². The molecule has 0 saturated carbocycles. The first-order chi connectivity index (χ1) is 29.4. The number of carboxylic acid groups (broad SMARTS) is 1. The van der Waals surface area contributed by atoms with E-state index in [9.17, 15) is 38.7 Å². The first kappa shape index (κ1) is 45.3. The van der Waals surface area contributed by atoms with E-state index in [2.05, 4.69) is 31.9 Å². The van der Waals surface area contributed by atoms with Crippen molar-refractivity contribution in [2.24, 2.45) is 0 Å². The Morgan fingerprint density at radius 3 is 1.62 bits per heavy atom. The molecule has 6 atom stereocenters. The Balaban J connectivity index is 1.42. The second-order valence-electron chi connectivity index (χ2n) is 14.7. The van der Waals surface area contributed by atoms with Crippen LogP contribution in [0.15, 0.2) is 121 Å². The predicted octanol–water partition coefficient (Wildman–Crippen LogP) is 3.91. The number of anilines is 1. The van der Waals surface area contributed by atoms with Crippen LogP contribution >= 0.6 is 11.8 Å². The lowest BCUT2D eigenvalue weighted by molar-refractivity contribution is -0.142. The minimum Gasteiger partial charge on any atom is -0.480 e. The van der Waals surface area contributed by atoms with E-state index in [4.69, 9.17) is 0 Å². The van der Waals surface area contributed by atoms with Gasteiger partial charge in [0.15, 0.2) is 0 Å². The van der Waals surface area contributed by atoms with E-state index in [0.29, 0.717) is 35.2 Å². The van der Waals surface area contributed by atoms with Crippen molar-refractivity contribution in [1.29, 1.82) is 0 Å². The number of hydrogen-bond acceptors (Lipinski definition) is 8. The zero-order valence-electron chi connectivity index (χ0n) is 33.8. The Morgan fingerprint density at radius 2 is 1.10 bits per heavy atom. The fraction of sp³-hybridized carbons (Fsp3) is 0.283. The molecule has 61 heavy (non-hydrogen) atoms. The average molecular weight is 847 g/mol. The highest BCUT2D eigenvalue weighted by atomic mass is 32.2. The van der Waals surface area contributed by atoms with Crippen LogP contribution in [0.25, 0.3) is 11.1 Å². The van der Waals surface area contributed by atoms with Gasteiger partial charge < -0.3 is 37.0 Å². The zero-order chi connectivity index (χ0) is 43.7. The van der Waals surface area contributed by atoms with Crippen molar-refractivity contribution in [3.63, 3.8) is 0 Å². The summed E-state index contributed by atoms with van der Waals surface area (Å²) in [5, 5.41) is 28.1. The standard InChI is InChI=1S/C46H50N6O8S/c1-29(48-30(2)54)42(55)49-40(27-37-14-9-23-61-37)45(58)51-39(25-32-15-19-35(20-16-32)34-12-7-4-8-13-34)43(56)50-38(24-31-10-5-3-6-11-31)44(57)52-41(46(59)60)26-33-17-21-36(22-18-33)47-28-53/h3-13,15-23,28-29,37-41H,14,24-27H2,1-2H3,(H,47,53)(H,48,54)(H,49,55)(H,50,56)(H,51,58)(H,52,57)(H,59,60)/t29?,37?,38-,39+,40-,41+/m1/s1. The van der Waals surface area contributed by atoms with E-state index in [0.717, 1.165) is 11.1 Å². The molecule has 7 N–H and O–H groups in total. The number of hydrogen-bond donors (Lipinski definition) is 7. The fourth-order valence-electron chi connectivity index (χ4n) is 6.77. The van der Waals surface area contributed by atoms with Gasteiger partial charge in [0, 0.05) is 37.1 Å². The molecule has 0 spiro atoms.